The lowest BCUT2D eigenvalue weighted by Crippen LogP contribution is -2.30. The summed E-state index contributed by atoms with van der Waals surface area (Å²) in [6.45, 7) is 7.09. The van der Waals surface area contributed by atoms with Gasteiger partial charge in [0.05, 0.1) is 4.90 Å². The molecule has 1 aliphatic heterocycles. The number of hydrogen-bond acceptors (Lipinski definition) is 5. The van der Waals surface area contributed by atoms with Crippen LogP contribution in [0.15, 0.2) is 58.4 Å². The highest BCUT2D eigenvalue weighted by Crippen LogP contribution is 2.22. The second-order valence-corrected chi connectivity index (χ2v) is 11.3. The average Bonchev–Trinajstić information content (AvgIpc) is 3.07. The number of amides is 2. The van der Waals surface area contributed by atoms with E-state index in [0.717, 1.165) is 24.8 Å². The van der Waals surface area contributed by atoms with E-state index in [4.69, 9.17) is 0 Å². The van der Waals surface area contributed by atoms with Crippen molar-refractivity contribution in [1.82, 2.24) is 10.0 Å². The Bertz CT molecular complexity index is 1180. The van der Waals surface area contributed by atoms with E-state index in [0.29, 0.717) is 30.1 Å². The Morgan fingerprint density at radius 3 is 2.46 bits per heavy atom. The molecule has 0 spiro atoms. The van der Waals surface area contributed by atoms with Gasteiger partial charge in [-0.25, -0.2) is 8.42 Å². The minimum Gasteiger partial charge on any atom is -0.352 e. The standard InChI is InChI=1S/C26H34N4O4S/c1-26(2,3)20-13-11-19(12-14-20)25(32)28-17-15-24(31)29-21-8-7-9-22(18-21)35(33,34)30-23-10-5-4-6-16-27-23/h7-9,11-14,18H,4-6,10,15-17H2,1-3H3,(H,27,30)(H,28,32)(H,29,31). The number of aliphatic imine (C=N–C) groups is 1. The molecule has 3 rings (SSSR count). The van der Waals surface area contributed by atoms with Gasteiger partial charge < -0.3 is 10.6 Å². The smallest absolute Gasteiger partial charge is 0.262 e. The van der Waals surface area contributed by atoms with Crippen LogP contribution in [0.5, 0.6) is 0 Å². The number of carbonyl (C=O) groups is 2. The maximum atomic E-state index is 12.8. The molecule has 0 bridgehead atoms. The molecule has 1 aliphatic rings. The van der Waals surface area contributed by atoms with Crippen molar-refractivity contribution in [3.63, 3.8) is 0 Å². The summed E-state index contributed by atoms with van der Waals surface area (Å²) in [5.74, 6) is -0.108. The van der Waals surface area contributed by atoms with Gasteiger partial charge in [0.1, 0.15) is 5.84 Å². The summed E-state index contributed by atoms with van der Waals surface area (Å²) in [7, 11) is -3.79. The molecule has 2 amide bonds. The van der Waals surface area contributed by atoms with Crippen LogP contribution in [0.25, 0.3) is 0 Å². The van der Waals surface area contributed by atoms with Gasteiger partial charge in [-0.15, -0.1) is 0 Å². The molecule has 0 radical (unpaired) electrons. The fourth-order valence-electron chi connectivity index (χ4n) is 3.65. The van der Waals surface area contributed by atoms with Crippen LogP contribution in [0, 0.1) is 0 Å². The largest absolute Gasteiger partial charge is 0.352 e. The van der Waals surface area contributed by atoms with Crippen molar-refractivity contribution in [3.8, 4) is 0 Å². The summed E-state index contributed by atoms with van der Waals surface area (Å²) < 4.78 is 28.1. The third-order valence-electron chi connectivity index (χ3n) is 5.71. The normalized spacial score (nSPS) is 14.4. The molecule has 0 unspecified atom stereocenters. The highest BCUT2D eigenvalue weighted by atomic mass is 32.2. The number of rotatable bonds is 7. The van der Waals surface area contributed by atoms with E-state index in [1.165, 1.54) is 12.1 Å². The molecule has 0 saturated heterocycles. The highest BCUT2D eigenvalue weighted by molar-refractivity contribution is 7.90. The monoisotopic (exact) mass is 498 g/mol. The third kappa shape index (κ3) is 7.92. The molecule has 2 aromatic carbocycles. The van der Waals surface area contributed by atoms with Gasteiger partial charge in [0, 0.05) is 37.2 Å². The van der Waals surface area contributed by atoms with Gasteiger partial charge in [-0.3, -0.25) is 19.3 Å². The van der Waals surface area contributed by atoms with E-state index in [1.807, 2.05) is 12.1 Å². The molecular formula is C26H34N4O4S. The number of hydrogen-bond donors (Lipinski definition) is 3. The molecule has 9 heteroatoms. The minimum absolute atomic E-state index is 0.00318. The topological polar surface area (TPSA) is 117 Å². The van der Waals surface area contributed by atoms with Crippen LogP contribution in [0.2, 0.25) is 0 Å². The number of sulfonamides is 1. The fraction of sp³-hybridized carbons (Fsp3) is 0.423. The Balaban J connectivity index is 1.51. The maximum Gasteiger partial charge on any atom is 0.262 e. The SMILES string of the molecule is CC(C)(C)c1ccc(C(=O)NCCC(=O)Nc2cccc(S(=O)(=O)NC3=NCCCCC3)c2)cc1. The summed E-state index contributed by atoms with van der Waals surface area (Å²) in [5.41, 5.74) is 2.03. The van der Waals surface area contributed by atoms with Gasteiger partial charge in [-0.1, -0.05) is 45.4 Å². The highest BCUT2D eigenvalue weighted by Gasteiger charge is 2.18. The zero-order valence-corrected chi connectivity index (χ0v) is 21.4. The lowest BCUT2D eigenvalue weighted by Gasteiger charge is -2.19. The van der Waals surface area contributed by atoms with Crippen LogP contribution < -0.4 is 15.4 Å². The minimum atomic E-state index is -3.79. The molecule has 1 heterocycles. The first-order valence-electron chi connectivity index (χ1n) is 11.9. The number of anilines is 1. The Morgan fingerprint density at radius 2 is 1.74 bits per heavy atom. The van der Waals surface area contributed by atoms with Crippen LogP contribution in [0.1, 0.15) is 68.8 Å². The van der Waals surface area contributed by atoms with E-state index < -0.39 is 10.0 Å². The van der Waals surface area contributed by atoms with Crippen molar-refractivity contribution in [2.24, 2.45) is 4.99 Å². The second-order valence-electron chi connectivity index (χ2n) is 9.65. The molecule has 0 aromatic heterocycles. The summed E-state index contributed by atoms with van der Waals surface area (Å²) in [6.07, 6.45) is 3.53. The second kappa shape index (κ2) is 11.5. The first kappa shape index (κ1) is 26.4. The lowest BCUT2D eigenvalue weighted by molar-refractivity contribution is -0.116. The zero-order chi connectivity index (χ0) is 25.5. The van der Waals surface area contributed by atoms with Crippen LogP contribution in [-0.2, 0) is 20.2 Å². The van der Waals surface area contributed by atoms with Crippen LogP contribution in [0.4, 0.5) is 5.69 Å². The van der Waals surface area contributed by atoms with Gasteiger partial charge in [0.15, 0.2) is 0 Å². The first-order chi connectivity index (χ1) is 16.5. The van der Waals surface area contributed by atoms with Gasteiger partial charge in [0.2, 0.25) is 5.91 Å². The molecule has 188 valence electrons. The number of nitrogens with one attached hydrogen (secondary N) is 3. The molecule has 0 saturated carbocycles. The predicted octanol–water partition coefficient (Wildman–Crippen LogP) is 3.99. The van der Waals surface area contributed by atoms with Gasteiger partial charge in [-0.2, -0.15) is 0 Å². The summed E-state index contributed by atoms with van der Waals surface area (Å²) >= 11 is 0. The summed E-state index contributed by atoms with van der Waals surface area (Å²) in [6, 6.07) is 13.5. The quantitative estimate of drug-likeness (QED) is 0.535. The molecule has 2 aromatic rings. The van der Waals surface area contributed by atoms with Gasteiger partial charge >= 0.3 is 0 Å². The van der Waals surface area contributed by atoms with Crippen molar-refractivity contribution in [3.05, 3.63) is 59.7 Å². The van der Waals surface area contributed by atoms with E-state index in [1.54, 1.807) is 24.3 Å². The first-order valence-corrected chi connectivity index (χ1v) is 13.4. The van der Waals surface area contributed by atoms with Crippen molar-refractivity contribution < 1.29 is 18.0 Å². The maximum absolute atomic E-state index is 12.8. The zero-order valence-electron chi connectivity index (χ0n) is 20.6. The molecule has 0 atom stereocenters. The van der Waals surface area contributed by atoms with E-state index in [2.05, 4.69) is 41.1 Å². The Hall–Kier alpha value is -3.20. The van der Waals surface area contributed by atoms with Crippen molar-refractivity contribution in [2.45, 2.75) is 63.2 Å². The van der Waals surface area contributed by atoms with E-state index in [-0.39, 0.29) is 35.1 Å². The molecule has 0 fully saturated rings. The number of nitrogens with zero attached hydrogens (tertiary/aromatic N) is 1. The predicted molar refractivity (Wildman–Crippen MR) is 138 cm³/mol. The van der Waals surface area contributed by atoms with E-state index in [9.17, 15) is 18.0 Å². The Morgan fingerprint density at radius 1 is 1.00 bits per heavy atom. The summed E-state index contributed by atoms with van der Waals surface area (Å²) in [5, 5.41) is 5.43. The molecule has 3 N–H and O–H groups in total. The fourth-order valence-corrected chi connectivity index (χ4v) is 4.78. The van der Waals surface area contributed by atoms with Crippen LogP contribution in [0.3, 0.4) is 0 Å². The molecule has 35 heavy (non-hydrogen) atoms. The average molecular weight is 499 g/mol. The molecular weight excluding hydrogens is 464 g/mol. The number of carbonyl (C=O) groups excluding carboxylic acids is 2. The Labute approximate surface area is 207 Å². The van der Waals surface area contributed by atoms with Crippen molar-refractivity contribution >= 4 is 33.4 Å². The third-order valence-corrected chi connectivity index (χ3v) is 7.08. The molecule has 0 aliphatic carbocycles. The van der Waals surface area contributed by atoms with Crippen LogP contribution >= 0.6 is 0 Å². The van der Waals surface area contributed by atoms with Crippen molar-refractivity contribution in [1.29, 1.82) is 0 Å². The Kier molecular flexibility index (Phi) is 8.67. The van der Waals surface area contributed by atoms with E-state index >= 15 is 0 Å². The number of benzene rings is 2. The van der Waals surface area contributed by atoms with Crippen molar-refractivity contribution in [2.75, 3.05) is 18.4 Å². The van der Waals surface area contributed by atoms with Gasteiger partial charge in [-0.05, 0) is 54.2 Å². The molecule has 8 nitrogen and oxygen atoms in total. The van der Waals surface area contributed by atoms with Gasteiger partial charge in [0.25, 0.3) is 15.9 Å². The summed E-state index contributed by atoms with van der Waals surface area (Å²) in [4.78, 5) is 29.1. The lowest BCUT2D eigenvalue weighted by atomic mass is 9.87. The number of amidine groups is 1. The van der Waals surface area contributed by atoms with Crippen LogP contribution in [-0.4, -0.2) is 39.2 Å².